The SMILES string of the molecule is CCC(CC)(CO)NC(C)c1ccc(Cl)c(Cl)c1. The average molecular weight is 290 g/mol. The summed E-state index contributed by atoms with van der Waals surface area (Å²) in [5, 5.41) is 14.2. The van der Waals surface area contributed by atoms with Gasteiger partial charge in [-0.2, -0.15) is 0 Å². The monoisotopic (exact) mass is 289 g/mol. The van der Waals surface area contributed by atoms with E-state index in [0.29, 0.717) is 10.0 Å². The molecule has 0 aromatic heterocycles. The first kappa shape index (κ1) is 15.8. The third-order valence-corrected chi connectivity index (χ3v) is 4.36. The van der Waals surface area contributed by atoms with Crippen LogP contribution in [0.3, 0.4) is 0 Å². The maximum atomic E-state index is 9.56. The number of nitrogens with one attached hydrogen (secondary N) is 1. The van der Waals surface area contributed by atoms with Gasteiger partial charge in [0, 0.05) is 11.6 Å². The number of aliphatic hydroxyl groups is 1. The number of benzene rings is 1. The Hall–Kier alpha value is -0.280. The van der Waals surface area contributed by atoms with E-state index in [-0.39, 0.29) is 18.2 Å². The van der Waals surface area contributed by atoms with Crippen LogP contribution in [-0.4, -0.2) is 17.3 Å². The van der Waals surface area contributed by atoms with Crippen LogP contribution in [0, 0.1) is 0 Å². The number of halogens is 2. The molecule has 102 valence electrons. The minimum Gasteiger partial charge on any atom is -0.394 e. The van der Waals surface area contributed by atoms with Gasteiger partial charge in [0.2, 0.25) is 0 Å². The zero-order valence-corrected chi connectivity index (χ0v) is 12.6. The predicted molar refractivity (Wildman–Crippen MR) is 78.4 cm³/mol. The second kappa shape index (κ2) is 6.76. The Bertz CT molecular complexity index is 383. The lowest BCUT2D eigenvalue weighted by Crippen LogP contribution is -2.48. The molecular weight excluding hydrogens is 269 g/mol. The molecule has 0 heterocycles. The van der Waals surface area contributed by atoms with Crippen LogP contribution in [0.25, 0.3) is 0 Å². The molecule has 0 radical (unpaired) electrons. The largest absolute Gasteiger partial charge is 0.394 e. The smallest absolute Gasteiger partial charge is 0.0613 e. The van der Waals surface area contributed by atoms with Crippen LogP contribution in [0.1, 0.15) is 45.2 Å². The first-order valence-electron chi connectivity index (χ1n) is 6.31. The zero-order chi connectivity index (χ0) is 13.8. The molecule has 1 aromatic rings. The van der Waals surface area contributed by atoms with E-state index in [2.05, 4.69) is 26.1 Å². The molecule has 0 saturated heterocycles. The fraction of sp³-hybridized carbons (Fsp3) is 0.571. The second-order valence-electron chi connectivity index (χ2n) is 4.69. The van der Waals surface area contributed by atoms with Crippen molar-refractivity contribution in [3.05, 3.63) is 33.8 Å². The highest BCUT2D eigenvalue weighted by Gasteiger charge is 2.27. The summed E-state index contributed by atoms with van der Waals surface area (Å²) >= 11 is 11.9. The van der Waals surface area contributed by atoms with E-state index < -0.39 is 0 Å². The Balaban J connectivity index is 2.86. The highest BCUT2D eigenvalue weighted by molar-refractivity contribution is 6.42. The van der Waals surface area contributed by atoms with E-state index in [9.17, 15) is 5.11 Å². The molecule has 0 bridgehead atoms. The molecule has 0 amide bonds. The standard InChI is InChI=1S/C14H21Cl2NO/c1-4-14(5-2,9-18)17-10(3)11-6-7-12(15)13(16)8-11/h6-8,10,17-18H,4-5,9H2,1-3H3. The molecule has 0 aliphatic heterocycles. The third kappa shape index (κ3) is 3.61. The van der Waals surface area contributed by atoms with Gasteiger partial charge in [0.25, 0.3) is 0 Å². The van der Waals surface area contributed by atoms with Crippen molar-refractivity contribution in [3.63, 3.8) is 0 Å². The molecular formula is C14H21Cl2NO. The summed E-state index contributed by atoms with van der Waals surface area (Å²) in [7, 11) is 0. The Morgan fingerprint density at radius 2 is 1.83 bits per heavy atom. The van der Waals surface area contributed by atoms with Crippen molar-refractivity contribution in [1.29, 1.82) is 0 Å². The average Bonchev–Trinajstić information content (AvgIpc) is 2.39. The van der Waals surface area contributed by atoms with Crippen LogP contribution in [0.2, 0.25) is 10.0 Å². The van der Waals surface area contributed by atoms with Gasteiger partial charge in [0.15, 0.2) is 0 Å². The van der Waals surface area contributed by atoms with Gasteiger partial charge in [-0.15, -0.1) is 0 Å². The Labute approximate surface area is 119 Å². The Morgan fingerprint density at radius 1 is 1.22 bits per heavy atom. The fourth-order valence-electron chi connectivity index (χ4n) is 2.05. The van der Waals surface area contributed by atoms with E-state index in [4.69, 9.17) is 23.2 Å². The van der Waals surface area contributed by atoms with Crippen molar-refractivity contribution in [2.45, 2.75) is 45.2 Å². The molecule has 0 spiro atoms. The summed E-state index contributed by atoms with van der Waals surface area (Å²) in [5.74, 6) is 0. The van der Waals surface area contributed by atoms with Gasteiger partial charge < -0.3 is 10.4 Å². The first-order chi connectivity index (χ1) is 8.48. The Kier molecular flexibility index (Phi) is 5.93. The molecule has 18 heavy (non-hydrogen) atoms. The van der Waals surface area contributed by atoms with Crippen molar-refractivity contribution >= 4 is 23.2 Å². The highest BCUT2D eigenvalue weighted by Crippen LogP contribution is 2.27. The van der Waals surface area contributed by atoms with Gasteiger partial charge in [-0.3, -0.25) is 0 Å². The number of hydrogen-bond acceptors (Lipinski definition) is 2. The van der Waals surface area contributed by atoms with Crippen LogP contribution in [-0.2, 0) is 0 Å². The summed E-state index contributed by atoms with van der Waals surface area (Å²) in [6.45, 7) is 6.35. The molecule has 0 fully saturated rings. The predicted octanol–water partition coefficient (Wildman–Crippen LogP) is 4.20. The zero-order valence-electron chi connectivity index (χ0n) is 11.1. The fourth-order valence-corrected chi connectivity index (χ4v) is 2.35. The van der Waals surface area contributed by atoms with E-state index in [1.807, 2.05) is 12.1 Å². The van der Waals surface area contributed by atoms with Crippen LogP contribution in [0.5, 0.6) is 0 Å². The number of aliphatic hydroxyl groups excluding tert-OH is 1. The third-order valence-electron chi connectivity index (χ3n) is 3.62. The molecule has 0 aliphatic rings. The molecule has 1 aromatic carbocycles. The Morgan fingerprint density at radius 3 is 2.28 bits per heavy atom. The van der Waals surface area contributed by atoms with Crippen molar-refractivity contribution < 1.29 is 5.11 Å². The molecule has 0 aliphatic carbocycles. The van der Waals surface area contributed by atoms with Crippen LogP contribution < -0.4 is 5.32 Å². The minimum atomic E-state index is -0.231. The van der Waals surface area contributed by atoms with E-state index in [1.165, 1.54) is 0 Å². The number of hydrogen-bond donors (Lipinski definition) is 2. The summed E-state index contributed by atoms with van der Waals surface area (Å²) in [4.78, 5) is 0. The van der Waals surface area contributed by atoms with E-state index >= 15 is 0 Å². The minimum absolute atomic E-state index is 0.117. The topological polar surface area (TPSA) is 32.3 Å². The van der Waals surface area contributed by atoms with Gasteiger partial charge in [-0.05, 0) is 37.5 Å². The van der Waals surface area contributed by atoms with Crippen molar-refractivity contribution in [1.82, 2.24) is 5.32 Å². The lowest BCUT2D eigenvalue weighted by atomic mass is 9.92. The summed E-state index contributed by atoms with van der Waals surface area (Å²) < 4.78 is 0. The lowest BCUT2D eigenvalue weighted by Gasteiger charge is -2.34. The van der Waals surface area contributed by atoms with Crippen LogP contribution in [0.4, 0.5) is 0 Å². The molecule has 4 heteroatoms. The molecule has 1 unspecified atom stereocenters. The summed E-state index contributed by atoms with van der Waals surface area (Å²) in [6, 6.07) is 5.75. The van der Waals surface area contributed by atoms with Crippen molar-refractivity contribution in [3.8, 4) is 0 Å². The lowest BCUT2D eigenvalue weighted by molar-refractivity contribution is 0.140. The van der Waals surface area contributed by atoms with Gasteiger partial charge in [-0.1, -0.05) is 43.1 Å². The van der Waals surface area contributed by atoms with Gasteiger partial charge in [-0.25, -0.2) is 0 Å². The first-order valence-corrected chi connectivity index (χ1v) is 7.07. The van der Waals surface area contributed by atoms with Crippen molar-refractivity contribution in [2.75, 3.05) is 6.61 Å². The molecule has 0 saturated carbocycles. The van der Waals surface area contributed by atoms with Crippen molar-refractivity contribution in [2.24, 2.45) is 0 Å². The molecule has 2 nitrogen and oxygen atoms in total. The maximum absolute atomic E-state index is 9.56. The molecule has 1 rings (SSSR count). The molecule has 1 atom stereocenters. The van der Waals surface area contributed by atoms with Crippen LogP contribution >= 0.6 is 23.2 Å². The van der Waals surface area contributed by atoms with Gasteiger partial charge >= 0.3 is 0 Å². The summed E-state index contributed by atoms with van der Waals surface area (Å²) in [6.07, 6.45) is 1.76. The quantitative estimate of drug-likeness (QED) is 0.823. The van der Waals surface area contributed by atoms with E-state index in [0.717, 1.165) is 18.4 Å². The van der Waals surface area contributed by atoms with E-state index in [1.54, 1.807) is 6.07 Å². The second-order valence-corrected chi connectivity index (χ2v) is 5.50. The number of rotatable bonds is 6. The van der Waals surface area contributed by atoms with Gasteiger partial charge in [0.1, 0.15) is 0 Å². The maximum Gasteiger partial charge on any atom is 0.0613 e. The molecule has 2 N–H and O–H groups in total. The normalized spacial score (nSPS) is 13.7. The van der Waals surface area contributed by atoms with Crippen LogP contribution in [0.15, 0.2) is 18.2 Å². The highest BCUT2D eigenvalue weighted by atomic mass is 35.5. The van der Waals surface area contributed by atoms with Gasteiger partial charge in [0.05, 0.1) is 16.7 Å². The summed E-state index contributed by atoms with van der Waals surface area (Å²) in [5.41, 5.74) is 0.843.